The molecule has 176 valence electrons. The van der Waals surface area contributed by atoms with E-state index < -0.39 is 0 Å². The third kappa shape index (κ3) is 5.26. The fourth-order valence-electron chi connectivity index (χ4n) is 4.23. The van der Waals surface area contributed by atoms with Crippen LogP contribution >= 0.6 is 0 Å². The van der Waals surface area contributed by atoms with E-state index in [4.69, 9.17) is 14.2 Å². The van der Waals surface area contributed by atoms with Gasteiger partial charge in [-0.25, -0.2) is 4.68 Å². The Morgan fingerprint density at radius 2 is 1.61 bits per heavy atom. The molecule has 0 unspecified atom stereocenters. The van der Waals surface area contributed by atoms with Gasteiger partial charge < -0.3 is 19.1 Å². The van der Waals surface area contributed by atoms with Crippen molar-refractivity contribution in [2.24, 2.45) is 0 Å². The fraction of sp³-hybridized carbons (Fsp3) is 0.458. The van der Waals surface area contributed by atoms with Crippen LogP contribution in [0.25, 0.3) is 0 Å². The number of tetrazole rings is 1. The number of likely N-dealkylation sites (N-methyl/N-ethyl adjacent to an activating group) is 1. The van der Waals surface area contributed by atoms with Gasteiger partial charge in [0.15, 0.2) is 17.3 Å². The normalized spacial score (nSPS) is 15.9. The Hall–Kier alpha value is -3.17. The molecule has 1 atom stereocenters. The Kier molecular flexibility index (Phi) is 7.41. The highest BCUT2D eigenvalue weighted by Crippen LogP contribution is 2.30. The topological polar surface area (TPSA) is 77.8 Å². The molecular weight excluding hydrogens is 420 g/mol. The molecule has 4 rings (SSSR count). The van der Waals surface area contributed by atoms with Crippen LogP contribution in [-0.2, 0) is 13.0 Å². The summed E-state index contributed by atoms with van der Waals surface area (Å²) in [5.41, 5.74) is 2.29. The highest BCUT2D eigenvalue weighted by molar-refractivity contribution is 5.43. The maximum absolute atomic E-state index is 5.45. The molecular formula is C24H32N6O3. The van der Waals surface area contributed by atoms with E-state index in [9.17, 15) is 0 Å². The second-order valence-corrected chi connectivity index (χ2v) is 8.21. The van der Waals surface area contributed by atoms with E-state index in [1.807, 2.05) is 35.0 Å². The van der Waals surface area contributed by atoms with Crippen molar-refractivity contribution in [1.29, 1.82) is 0 Å². The fourth-order valence-corrected chi connectivity index (χ4v) is 4.23. The standard InChI is InChI=1S/C24H32N6O3/c1-28-13-15-29(16-14-28)23(19-6-8-20(31-2)9-7-19)24-25-26-27-30(24)12-11-18-5-10-21(32-3)22(17-18)33-4/h5-10,17,23H,11-16H2,1-4H3/t23-/m0/s1. The lowest BCUT2D eigenvalue weighted by Gasteiger charge is -2.37. The van der Waals surface area contributed by atoms with Crippen molar-refractivity contribution in [3.05, 3.63) is 59.4 Å². The van der Waals surface area contributed by atoms with E-state index in [1.165, 1.54) is 0 Å². The molecule has 33 heavy (non-hydrogen) atoms. The molecule has 2 heterocycles. The molecule has 1 fully saturated rings. The summed E-state index contributed by atoms with van der Waals surface area (Å²) in [6.45, 7) is 4.60. The van der Waals surface area contributed by atoms with Gasteiger partial charge >= 0.3 is 0 Å². The molecule has 9 nitrogen and oxygen atoms in total. The maximum Gasteiger partial charge on any atom is 0.173 e. The number of nitrogens with zero attached hydrogens (tertiary/aromatic N) is 6. The molecule has 1 saturated heterocycles. The van der Waals surface area contributed by atoms with Gasteiger partial charge in [-0.2, -0.15) is 0 Å². The molecule has 0 bridgehead atoms. The minimum absolute atomic E-state index is 0.0231. The van der Waals surface area contributed by atoms with Gasteiger partial charge in [0.2, 0.25) is 0 Å². The minimum Gasteiger partial charge on any atom is -0.497 e. The second-order valence-electron chi connectivity index (χ2n) is 8.21. The Morgan fingerprint density at radius 1 is 0.879 bits per heavy atom. The van der Waals surface area contributed by atoms with E-state index in [-0.39, 0.29) is 6.04 Å². The molecule has 0 radical (unpaired) electrons. The third-order valence-corrected chi connectivity index (χ3v) is 6.20. The highest BCUT2D eigenvalue weighted by Gasteiger charge is 2.30. The van der Waals surface area contributed by atoms with Crippen LogP contribution in [0.5, 0.6) is 17.2 Å². The summed E-state index contributed by atoms with van der Waals surface area (Å²) in [6.07, 6.45) is 0.774. The Morgan fingerprint density at radius 3 is 2.27 bits per heavy atom. The van der Waals surface area contributed by atoms with E-state index in [1.54, 1.807) is 21.3 Å². The summed E-state index contributed by atoms with van der Waals surface area (Å²) < 4.78 is 18.1. The van der Waals surface area contributed by atoms with Gasteiger partial charge in [0.1, 0.15) is 5.75 Å². The zero-order chi connectivity index (χ0) is 23.2. The molecule has 1 aliphatic rings. The lowest BCUT2D eigenvalue weighted by atomic mass is 10.0. The van der Waals surface area contributed by atoms with Crippen molar-refractivity contribution in [3.8, 4) is 17.2 Å². The second kappa shape index (κ2) is 10.6. The van der Waals surface area contributed by atoms with Crippen molar-refractivity contribution < 1.29 is 14.2 Å². The number of ether oxygens (including phenoxy) is 3. The Labute approximate surface area is 194 Å². The number of aromatic nitrogens is 4. The van der Waals surface area contributed by atoms with Crippen molar-refractivity contribution in [2.75, 3.05) is 54.6 Å². The van der Waals surface area contributed by atoms with Gasteiger partial charge in [-0.1, -0.05) is 18.2 Å². The van der Waals surface area contributed by atoms with Gasteiger partial charge in [-0.3, -0.25) is 4.90 Å². The van der Waals surface area contributed by atoms with E-state index >= 15 is 0 Å². The van der Waals surface area contributed by atoms with E-state index in [2.05, 4.69) is 44.5 Å². The van der Waals surface area contributed by atoms with E-state index in [0.717, 1.165) is 66.8 Å². The van der Waals surface area contributed by atoms with Crippen LogP contribution in [0, 0.1) is 0 Å². The lowest BCUT2D eigenvalue weighted by molar-refractivity contribution is 0.121. The predicted molar refractivity (Wildman–Crippen MR) is 125 cm³/mol. The Balaban J connectivity index is 1.59. The summed E-state index contributed by atoms with van der Waals surface area (Å²) in [6, 6.07) is 14.2. The first kappa shape index (κ1) is 23.0. The monoisotopic (exact) mass is 452 g/mol. The summed E-state index contributed by atoms with van der Waals surface area (Å²) in [5, 5.41) is 12.9. The van der Waals surface area contributed by atoms with Gasteiger partial charge in [0.05, 0.1) is 27.4 Å². The molecule has 0 spiro atoms. The Bertz CT molecular complexity index is 1030. The summed E-state index contributed by atoms with van der Waals surface area (Å²) in [4.78, 5) is 4.81. The van der Waals surface area contributed by atoms with Crippen LogP contribution in [0.2, 0.25) is 0 Å². The van der Waals surface area contributed by atoms with Crippen LogP contribution in [-0.4, -0.2) is 84.6 Å². The first-order valence-corrected chi connectivity index (χ1v) is 11.2. The molecule has 2 aromatic carbocycles. The molecule has 0 amide bonds. The van der Waals surface area contributed by atoms with Crippen LogP contribution < -0.4 is 14.2 Å². The van der Waals surface area contributed by atoms with Gasteiger partial charge in [0, 0.05) is 32.7 Å². The lowest BCUT2D eigenvalue weighted by Crippen LogP contribution is -2.46. The molecule has 0 aliphatic carbocycles. The average Bonchev–Trinajstić information content (AvgIpc) is 3.32. The van der Waals surface area contributed by atoms with Gasteiger partial charge in [-0.05, 0) is 59.3 Å². The smallest absolute Gasteiger partial charge is 0.173 e. The SMILES string of the molecule is COc1ccc([C@@H](c2nnnn2CCc2ccc(OC)c(OC)c2)N2CCN(C)CC2)cc1. The summed E-state index contributed by atoms with van der Waals surface area (Å²) >= 11 is 0. The number of aryl methyl sites for hydroxylation is 2. The number of piperazine rings is 1. The van der Waals surface area contributed by atoms with Crippen molar-refractivity contribution >= 4 is 0 Å². The first-order chi connectivity index (χ1) is 16.1. The van der Waals surface area contributed by atoms with Crippen LogP contribution in [0.4, 0.5) is 0 Å². The van der Waals surface area contributed by atoms with Gasteiger partial charge in [-0.15, -0.1) is 5.10 Å². The van der Waals surface area contributed by atoms with E-state index in [0.29, 0.717) is 6.54 Å². The van der Waals surface area contributed by atoms with Gasteiger partial charge in [0.25, 0.3) is 0 Å². The molecule has 0 N–H and O–H groups in total. The molecule has 1 aliphatic heterocycles. The largest absolute Gasteiger partial charge is 0.497 e. The molecule has 0 saturated carbocycles. The number of benzene rings is 2. The predicted octanol–water partition coefficient (Wildman–Crippen LogP) is 2.28. The van der Waals surface area contributed by atoms with Crippen LogP contribution in [0.3, 0.4) is 0 Å². The zero-order valence-electron chi connectivity index (χ0n) is 19.8. The zero-order valence-corrected chi connectivity index (χ0v) is 19.8. The first-order valence-electron chi connectivity index (χ1n) is 11.2. The summed E-state index contributed by atoms with van der Waals surface area (Å²) in [7, 11) is 7.13. The third-order valence-electron chi connectivity index (χ3n) is 6.20. The highest BCUT2D eigenvalue weighted by atomic mass is 16.5. The van der Waals surface area contributed by atoms with Crippen molar-refractivity contribution in [3.63, 3.8) is 0 Å². The molecule has 1 aromatic heterocycles. The molecule has 9 heteroatoms. The number of methoxy groups -OCH3 is 3. The number of rotatable bonds is 9. The minimum atomic E-state index is -0.0231. The number of hydrogen-bond acceptors (Lipinski definition) is 8. The summed E-state index contributed by atoms with van der Waals surface area (Å²) in [5.74, 6) is 3.13. The van der Waals surface area contributed by atoms with Crippen LogP contribution in [0.1, 0.15) is 23.0 Å². The van der Waals surface area contributed by atoms with Crippen LogP contribution in [0.15, 0.2) is 42.5 Å². The average molecular weight is 453 g/mol. The van der Waals surface area contributed by atoms with Crippen molar-refractivity contribution in [2.45, 2.75) is 19.0 Å². The molecule has 3 aromatic rings. The number of hydrogen-bond donors (Lipinski definition) is 0. The van der Waals surface area contributed by atoms with Crippen molar-refractivity contribution in [1.82, 2.24) is 30.0 Å². The maximum atomic E-state index is 5.45. The quantitative estimate of drug-likeness (QED) is 0.489.